The van der Waals surface area contributed by atoms with E-state index in [0.29, 0.717) is 6.54 Å². The lowest BCUT2D eigenvalue weighted by Gasteiger charge is -2.32. The molecule has 1 amide bonds. The van der Waals surface area contributed by atoms with Crippen molar-refractivity contribution in [2.75, 3.05) is 6.54 Å². The van der Waals surface area contributed by atoms with Gasteiger partial charge >= 0.3 is 6.09 Å². The third-order valence-electron chi connectivity index (χ3n) is 3.68. The molecule has 0 atom stereocenters. The molecule has 0 aromatic heterocycles. The zero-order valence-corrected chi connectivity index (χ0v) is 14.9. The Morgan fingerprint density at radius 2 is 2.10 bits per heavy atom. The van der Waals surface area contributed by atoms with E-state index in [4.69, 9.17) is 4.74 Å². The van der Waals surface area contributed by atoms with Crippen molar-refractivity contribution in [2.24, 2.45) is 0 Å². The zero-order valence-electron chi connectivity index (χ0n) is 13.3. The first-order valence-electron chi connectivity index (χ1n) is 7.51. The van der Waals surface area contributed by atoms with E-state index in [2.05, 4.69) is 35.0 Å². The van der Waals surface area contributed by atoms with E-state index in [0.717, 1.165) is 24.7 Å². The number of amides is 1. The normalized spacial score (nSPS) is 14.8. The lowest BCUT2D eigenvalue weighted by atomic mass is 9.92. The second-order valence-electron chi connectivity index (χ2n) is 6.53. The number of alkyl halides is 1. The molecule has 0 fully saturated rings. The maximum absolute atomic E-state index is 12.2. The fourth-order valence-electron chi connectivity index (χ4n) is 2.70. The van der Waals surface area contributed by atoms with Crippen molar-refractivity contribution in [2.45, 2.75) is 58.0 Å². The van der Waals surface area contributed by atoms with Crippen molar-refractivity contribution in [3.8, 4) is 0 Å². The number of nitrogens with zero attached hydrogens (tertiary/aromatic N) is 1. The van der Waals surface area contributed by atoms with Crippen LogP contribution in [0.5, 0.6) is 0 Å². The number of halogens is 1. The molecule has 21 heavy (non-hydrogen) atoms. The average Bonchev–Trinajstić information content (AvgIpc) is 2.43. The Bertz CT molecular complexity index is 517. The number of carbonyl (C=O) groups is 1. The van der Waals surface area contributed by atoms with Crippen LogP contribution in [-0.2, 0) is 29.5 Å². The number of ether oxygens (including phenoxy) is 1. The van der Waals surface area contributed by atoms with Crippen LogP contribution in [0, 0.1) is 0 Å². The molecular weight excluding hydrogens is 330 g/mol. The number of benzene rings is 1. The van der Waals surface area contributed by atoms with Gasteiger partial charge in [0.2, 0.25) is 0 Å². The fraction of sp³-hybridized carbons (Fsp3) is 0.588. The molecule has 0 saturated carbocycles. The quantitative estimate of drug-likeness (QED) is 0.735. The zero-order chi connectivity index (χ0) is 15.6. The number of hydrogen-bond acceptors (Lipinski definition) is 2. The van der Waals surface area contributed by atoms with Crippen LogP contribution >= 0.6 is 15.9 Å². The van der Waals surface area contributed by atoms with Gasteiger partial charge in [0.25, 0.3) is 0 Å². The summed E-state index contributed by atoms with van der Waals surface area (Å²) in [7, 11) is 0. The van der Waals surface area contributed by atoms with Crippen LogP contribution in [0.2, 0.25) is 0 Å². The lowest BCUT2D eigenvalue weighted by molar-refractivity contribution is 0.0223. The fourth-order valence-corrected chi connectivity index (χ4v) is 3.02. The number of carbonyl (C=O) groups excluding carboxylic acids is 1. The van der Waals surface area contributed by atoms with Gasteiger partial charge in [0.1, 0.15) is 5.60 Å². The van der Waals surface area contributed by atoms with Crippen LogP contribution in [0.25, 0.3) is 0 Å². The standard InChI is InChI=1S/C17H24BrNO2/c1-5-13-8-12(10-18)9-14-6-7-19(11-15(13)14)16(20)21-17(2,3)4/h8-9H,5-7,10-11H2,1-4H3. The van der Waals surface area contributed by atoms with Gasteiger partial charge in [-0.2, -0.15) is 0 Å². The van der Waals surface area contributed by atoms with Gasteiger partial charge in [-0.15, -0.1) is 0 Å². The Morgan fingerprint density at radius 1 is 1.38 bits per heavy atom. The lowest BCUT2D eigenvalue weighted by Crippen LogP contribution is -2.40. The molecule has 0 saturated heterocycles. The predicted octanol–water partition coefficient (Wildman–Crippen LogP) is 4.44. The molecule has 0 bridgehead atoms. The van der Waals surface area contributed by atoms with E-state index in [1.54, 1.807) is 0 Å². The largest absolute Gasteiger partial charge is 0.444 e. The summed E-state index contributed by atoms with van der Waals surface area (Å²) in [6.07, 6.45) is 1.69. The number of aryl methyl sites for hydroxylation is 1. The number of fused-ring (bicyclic) bond motifs is 1. The monoisotopic (exact) mass is 353 g/mol. The van der Waals surface area contributed by atoms with E-state index in [9.17, 15) is 4.79 Å². The van der Waals surface area contributed by atoms with Crippen LogP contribution in [0.15, 0.2) is 12.1 Å². The average molecular weight is 354 g/mol. The SMILES string of the molecule is CCc1cc(CBr)cc2c1CN(C(=O)OC(C)(C)C)CC2. The van der Waals surface area contributed by atoms with E-state index in [1.807, 2.05) is 25.7 Å². The topological polar surface area (TPSA) is 29.5 Å². The summed E-state index contributed by atoms with van der Waals surface area (Å²) in [4.78, 5) is 14.1. The molecule has 2 rings (SSSR count). The molecule has 0 spiro atoms. The first-order chi connectivity index (χ1) is 9.84. The molecule has 1 aliphatic rings. The minimum Gasteiger partial charge on any atom is -0.444 e. The molecular formula is C17H24BrNO2. The second-order valence-corrected chi connectivity index (χ2v) is 7.09. The van der Waals surface area contributed by atoms with Gasteiger partial charge in [-0.1, -0.05) is 35.0 Å². The van der Waals surface area contributed by atoms with Gasteiger partial charge in [-0.3, -0.25) is 0 Å². The highest BCUT2D eigenvalue weighted by Crippen LogP contribution is 2.27. The Hall–Kier alpha value is -1.03. The molecule has 3 nitrogen and oxygen atoms in total. The van der Waals surface area contributed by atoms with Crippen molar-refractivity contribution in [3.63, 3.8) is 0 Å². The molecule has 1 heterocycles. The molecule has 1 aromatic carbocycles. The van der Waals surface area contributed by atoms with Crippen LogP contribution in [0.3, 0.4) is 0 Å². The van der Waals surface area contributed by atoms with Crippen LogP contribution < -0.4 is 0 Å². The first kappa shape index (κ1) is 16.3. The third kappa shape index (κ3) is 4.00. The van der Waals surface area contributed by atoms with Crippen molar-refractivity contribution >= 4 is 22.0 Å². The molecule has 1 aliphatic heterocycles. The van der Waals surface area contributed by atoms with Crippen LogP contribution in [0.4, 0.5) is 4.79 Å². The molecule has 0 aliphatic carbocycles. The Labute approximate surface area is 135 Å². The predicted molar refractivity (Wildman–Crippen MR) is 88.8 cm³/mol. The Morgan fingerprint density at radius 3 is 2.67 bits per heavy atom. The minimum absolute atomic E-state index is 0.209. The summed E-state index contributed by atoms with van der Waals surface area (Å²) < 4.78 is 5.49. The number of hydrogen-bond donors (Lipinski definition) is 0. The van der Waals surface area contributed by atoms with Crippen molar-refractivity contribution < 1.29 is 9.53 Å². The summed E-state index contributed by atoms with van der Waals surface area (Å²) in [5.74, 6) is 0. The summed E-state index contributed by atoms with van der Waals surface area (Å²) in [5, 5.41) is 0.878. The highest BCUT2D eigenvalue weighted by molar-refractivity contribution is 9.08. The maximum atomic E-state index is 12.2. The van der Waals surface area contributed by atoms with E-state index >= 15 is 0 Å². The van der Waals surface area contributed by atoms with Crippen molar-refractivity contribution in [3.05, 3.63) is 34.4 Å². The Kier molecular flexibility index (Phi) is 4.97. The molecule has 4 heteroatoms. The third-order valence-corrected chi connectivity index (χ3v) is 4.33. The molecule has 116 valence electrons. The van der Waals surface area contributed by atoms with E-state index in [1.165, 1.54) is 22.3 Å². The number of rotatable bonds is 2. The molecule has 0 unspecified atom stereocenters. The molecule has 0 radical (unpaired) electrons. The summed E-state index contributed by atoms with van der Waals surface area (Å²) >= 11 is 3.53. The highest BCUT2D eigenvalue weighted by Gasteiger charge is 2.26. The van der Waals surface area contributed by atoms with Gasteiger partial charge in [0, 0.05) is 18.4 Å². The van der Waals surface area contributed by atoms with Gasteiger partial charge in [-0.25, -0.2) is 4.79 Å². The summed E-state index contributed by atoms with van der Waals surface area (Å²) in [6, 6.07) is 4.50. The van der Waals surface area contributed by atoms with E-state index in [-0.39, 0.29) is 6.09 Å². The van der Waals surface area contributed by atoms with Crippen molar-refractivity contribution in [1.82, 2.24) is 4.90 Å². The van der Waals surface area contributed by atoms with E-state index < -0.39 is 5.60 Å². The first-order valence-corrected chi connectivity index (χ1v) is 8.63. The smallest absolute Gasteiger partial charge is 0.410 e. The van der Waals surface area contributed by atoms with Crippen LogP contribution in [-0.4, -0.2) is 23.1 Å². The Balaban J connectivity index is 2.22. The minimum atomic E-state index is -0.440. The summed E-state index contributed by atoms with van der Waals surface area (Å²) in [6.45, 7) is 9.28. The maximum Gasteiger partial charge on any atom is 0.410 e. The van der Waals surface area contributed by atoms with Crippen LogP contribution in [0.1, 0.15) is 49.9 Å². The van der Waals surface area contributed by atoms with Gasteiger partial charge in [0.05, 0.1) is 0 Å². The van der Waals surface area contributed by atoms with Gasteiger partial charge in [0.15, 0.2) is 0 Å². The highest BCUT2D eigenvalue weighted by atomic mass is 79.9. The second kappa shape index (κ2) is 6.39. The van der Waals surface area contributed by atoms with Gasteiger partial charge in [-0.05, 0) is 55.9 Å². The molecule has 0 N–H and O–H groups in total. The van der Waals surface area contributed by atoms with Gasteiger partial charge < -0.3 is 9.64 Å². The molecule has 1 aromatic rings. The summed E-state index contributed by atoms with van der Waals surface area (Å²) in [5.41, 5.74) is 4.90. The van der Waals surface area contributed by atoms with Crippen molar-refractivity contribution in [1.29, 1.82) is 0 Å².